The highest BCUT2D eigenvalue weighted by Crippen LogP contribution is 2.24. The Morgan fingerprint density at radius 2 is 2.27 bits per heavy atom. The minimum Gasteiger partial charge on any atom is -0.467 e. The Kier molecular flexibility index (Phi) is 5.80. The summed E-state index contributed by atoms with van der Waals surface area (Å²) in [4.78, 5) is 14.5. The molecule has 1 aromatic rings. The predicted octanol–water partition coefficient (Wildman–Crippen LogP) is 2.68. The van der Waals surface area contributed by atoms with Gasteiger partial charge in [0.1, 0.15) is 11.9 Å². The van der Waals surface area contributed by atoms with E-state index in [1.807, 2.05) is 25.7 Å². The molecule has 1 fully saturated rings. The zero-order valence-electron chi connectivity index (χ0n) is 13.5. The van der Waals surface area contributed by atoms with Crippen molar-refractivity contribution in [3.8, 4) is 0 Å². The van der Waals surface area contributed by atoms with Crippen molar-refractivity contribution in [2.24, 2.45) is 0 Å². The lowest BCUT2D eigenvalue weighted by molar-refractivity contribution is -0.137. The molecular weight excluding hydrogens is 282 g/mol. The topological polar surface area (TPSA) is 62.9 Å². The first-order valence-electron chi connectivity index (χ1n) is 7.81. The van der Waals surface area contributed by atoms with E-state index in [2.05, 4.69) is 0 Å². The van der Waals surface area contributed by atoms with E-state index < -0.39 is 6.10 Å². The van der Waals surface area contributed by atoms with Gasteiger partial charge in [0.05, 0.1) is 25.5 Å². The third kappa shape index (κ3) is 3.78. The van der Waals surface area contributed by atoms with Gasteiger partial charge in [-0.05, 0) is 32.4 Å². The fraction of sp³-hybridized carbons (Fsp3) is 0.588. The van der Waals surface area contributed by atoms with Crippen LogP contribution < -0.4 is 0 Å². The number of furan rings is 1. The fourth-order valence-corrected chi connectivity index (χ4v) is 2.64. The number of ether oxygens (including phenoxy) is 1. The van der Waals surface area contributed by atoms with Crippen LogP contribution in [0.4, 0.5) is 0 Å². The molecular formula is C17H25NO4. The summed E-state index contributed by atoms with van der Waals surface area (Å²) in [6.45, 7) is 7.45. The van der Waals surface area contributed by atoms with E-state index in [-0.39, 0.29) is 11.9 Å². The third-order valence-electron chi connectivity index (χ3n) is 4.35. The summed E-state index contributed by atoms with van der Waals surface area (Å²) in [6.07, 6.45) is 2.09. The summed E-state index contributed by atoms with van der Waals surface area (Å²) < 4.78 is 10.7. The van der Waals surface area contributed by atoms with E-state index in [1.165, 1.54) is 6.26 Å². The summed E-state index contributed by atoms with van der Waals surface area (Å²) in [7, 11) is 0. The summed E-state index contributed by atoms with van der Waals surface area (Å²) >= 11 is 0. The Bertz CT molecular complexity index is 521. The van der Waals surface area contributed by atoms with E-state index in [0.717, 1.165) is 17.6 Å². The Morgan fingerprint density at radius 1 is 1.50 bits per heavy atom. The van der Waals surface area contributed by atoms with Crippen LogP contribution in [0.3, 0.4) is 0 Å². The lowest BCUT2D eigenvalue weighted by atomic mass is 10.0. The number of hydrogen-bond donors (Lipinski definition) is 1. The van der Waals surface area contributed by atoms with Gasteiger partial charge in [0.2, 0.25) is 5.91 Å². The van der Waals surface area contributed by atoms with Gasteiger partial charge in [0.25, 0.3) is 0 Å². The van der Waals surface area contributed by atoms with Crippen LogP contribution >= 0.6 is 0 Å². The first-order chi connectivity index (χ1) is 10.5. The number of morpholine rings is 1. The van der Waals surface area contributed by atoms with Crippen molar-refractivity contribution in [2.75, 3.05) is 19.8 Å². The molecule has 0 saturated carbocycles. The molecule has 0 spiro atoms. The van der Waals surface area contributed by atoms with Crippen LogP contribution in [0.1, 0.15) is 45.5 Å². The number of allylic oxidation sites excluding steroid dienone is 1. The monoisotopic (exact) mass is 307 g/mol. The molecule has 1 amide bonds. The van der Waals surface area contributed by atoms with E-state index in [1.54, 1.807) is 12.1 Å². The second-order valence-electron chi connectivity index (χ2n) is 5.75. The van der Waals surface area contributed by atoms with Gasteiger partial charge >= 0.3 is 0 Å². The summed E-state index contributed by atoms with van der Waals surface area (Å²) in [5, 5.41) is 10.3. The number of hydrogen-bond acceptors (Lipinski definition) is 4. The Hall–Kier alpha value is -1.59. The van der Waals surface area contributed by atoms with E-state index in [4.69, 9.17) is 9.15 Å². The van der Waals surface area contributed by atoms with E-state index in [9.17, 15) is 9.90 Å². The average Bonchev–Trinajstić information content (AvgIpc) is 3.07. The zero-order valence-corrected chi connectivity index (χ0v) is 13.5. The molecule has 2 atom stereocenters. The number of aliphatic hydroxyl groups is 1. The van der Waals surface area contributed by atoms with Gasteiger partial charge in [-0.2, -0.15) is 0 Å². The number of carbonyl (C=O) groups is 1. The van der Waals surface area contributed by atoms with Crippen LogP contribution in [0, 0.1) is 0 Å². The first-order valence-corrected chi connectivity index (χ1v) is 7.81. The molecule has 122 valence electrons. The van der Waals surface area contributed by atoms with Gasteiger partial charge in [0.15, 0.2) is 0 Å². The van der Waals surface area contributed by atoms with E-state index in [0.29, 0.717) is 31.9 Å². The molecule has 2 rings (SSSR count). The molecule has 0 aliphatic carbocycles. The van der Waals surface area contributed by atoms with Crippen LogP contribution in [0.15, 0.2) is 34.0 Å². The molecule has 1 saturated heterocycles. The van der Waals surface area contributed by atoms with Crippen molar-refractivity contribution < 1.29 is 19.1 Å². The Balaban J connectivity index is 2.09. The maximum atomic E-state index is 12.7. The van der Waals surface area contributed by atoms with Crippen molar-refractivity contribution in [1.29, 1.82) is 0 Å². The lowest BCUT2D eigenvalue weighted by Crippen LogP contribution is -2.49. The molecule has 1 aromatic heterocycles. The number of amides is 1. The Labute approximate surface area is 131 Å². The molecule has 22 heavy (non-hydrogen) atoms. The van der Waals surface area contributed by atoms with Gasteiger partial charge in [-0.15, -0.1) is 0 Å². The van der Waals surface area contributed by atoms with Gasteiger partial charge < -0.3 is 19.2 Å². The maximum absolute atomic E-state index is 12.7. The van der Waals surface area contributed by atoms with Gasteiger partial charge in [-0.1, -0.05) is 12.5 Å². The molecule has 1 aliphatic rings. The molecule has 0 bridgehead atoms. The fourth-order valence-electron chi connectivity index (χ4n) is 2.64. The normalized spacial score (nSPS) is 21.5. The minimum atomic E-state index is -0.728. The van der Waals surface area contributed by atoms with Gasteiger partial charge in [0, 0.05) is 18.5 Å². The largest absolute Gasteiger partial charge is 0.467 e. The maximum Gasteiger partial charge on any atom is 0.249 e. The van der Waals surface area contributed by atoms with Crippen molar-refractivity contribution in [1.82, 2.24) is 4.90 Å². The minimum absolute atomic E-state index is 0.0410. The highest BCUT2D eigenvalue weighted by atomic mass is 16.5. The number of carbonyl (C=O) groups excluding carboxylic acids is 1. The quantitative estimate of drug-likeness (QED) is 0.850. The highest BCUT2D eigenvalue weighted by molar-refractivity contribution is 5.93. The molecule has 5 nitrogen and oxygen atoms in total. The lowest BCUT2D eigenvalue weighted by Gasteiger charge is -2.37. The smallest absolute Gasteiger partial charge is 0.249 e. The number of aliphatic hydroxyl groups excluding tert-OH is 1. The van der Waals surface area contributed by atoms with Crippen LogP contribution in [0.5, 0.6) is 0 Å². The number of rotatable bonds is 5. The average molecular weight is 307 g/mol. The first kappa shape index (κ1) is 16.8. The van der Waals surface area contributed by atoms with Crippen LogP contribution in [-0.4, -0.2) is 41.7 Å². The summed E-state index contributed by atoms with van der Waals surface area (Å²) in [5.74, 6) is 0.564. The molecule has 1 aliphatic heterocycles. The Morgan fingerprint density at radius 3 is 2.91 bits per heavy atom. The summed E-state index contributed by atoms with van der Waals surface area (Å²) in [6, 6.07) is 3.35. The van der Waals surface area contributed by atoms with E-state index >= 15 is 0 Å². The van der Waals surface area contributed by atoms with Gasteiger partial charge in [-0.25, -0.2) is 0 Å². The van der Waals surface area contributed by atoms with Crippen LogP contribution in [0.2, 0.25) is 0 Å². The molecule has 2 unspecified atom stereocenters. The summed E-state index contributed by atoms with van der Waals surface area (Å²) in [5.41, 5.74) is 1.89. The van der Waals surface area contributed by atoms with Crippen LogP contribution in [0.25, 0.3) is 0 Å². The standard InChI is InChI=1S/C17H25NO4/c1-4-12(2)13(3)17(20)18-7-9-21-11-14(18)10-15(19)16-6-5-8-22-16/h5-6,8,14-15,19H,4,7,9-11H2,1-3H3/b13-12-. The van der Waals surface area contributed by atoms with Crippen molar-refractivity contribution >= 4 is 5.91 Å². The highest BCUT2D eigenvalue weighted by Gasteiger charge is 2.31. The van der Waals surface area contributed by atoms with Crippen molar-refractivity contribution in [3.63, 3.8) is 0 Å². The van der Waals surface area contributed by atoms with Crippen LogP contribution in [-0.2, 0) is 9.53 Å². The van der Waals surface area contributed by atoms with Crippen molar-refractivity contribution in [3.05, 3.63) is 35.3 Å². The second-order valence-corrected chi connectivity index (χ2v) is 5.75. The molecule has 1 N–H and O–H groups in total. The second kappa shape index (κ2) is 7.61. The van der Waals surface area contributed by atoms with Crippen molar-refractivity contribution in [2.45, 2.75) is 45.8 Å². The molecule has 5 heteroatoms. The molecule has 0 radical (unpaired) electrons. The number of nitrogens with zero attached hydrogens (tertiary/aromatic N) is 1. The molecule has 0 aromatic carbocycles. The predicted molar refractivity (Wildman–Crippen MR) is 83.3 cm³/mol. The molecule has 2 heterocycles. The zero-order chi connectivity index (χ0) is 16.1. The third-order valence-corrected chi connectivity index (χ3v) is 4.35. The SMILES string of the molecule is CC/C(C)=C(/C)C(=O)N1CCOCC1CC(O)c1ccco1. The van der Waals surface area contributed by atoms with Gasteiger partial charge in [-0.3, -0.25) is 4.79 Å².